The predicted molar refractivity (Wildman–Crippen MR) is 99.9 cm³/mol. The number of benzene rings is 1. The third-order valence-corrected chi connectivity index (χ3v) is 4.64. The second-order valence-electron chi connectivity index (χ2n) is 6.63. The summed E-state index contributed by atoms with van der Waals surface area (Å²) in [5.41, 5.74) is 0.219. The van der Waals surface area contributed by atoms with Crippen molar-refractivity contribution < 1.29 is 4.74 Å². The minimum Gasteiger partial charge on any atom is -0.472 e. The zero-order chi connectivity index (χ0) is 18.1. The van der Waals surface area contributed by atoms with Gasteiger partial charge in [0.25, 0.3) is 0 Å². The highest BCUT2D eigenvalue weighted by atomic mass is 16.5. The van der Waals surface area contributed by atoms with Crippen LogP contribution in [0.2, 0.25) is 0 Å². The van der Waals surface area contributed by atoms with Gasteiger partial charge in [0.2, 0.25) is 5.88 Å². The number of fused-ring (bicyclic) bond motifs is 1. The first-order chi connectivity index (χ1) is 12.6. The van der Waals surface area contributed by atoms with Crippen molar-refractivity contribution in [3.8, 4) is 17.4 Å². The Morgan fingerprint density at radius 2 is 2.15 bits per heavy atom. The average molecular weight is 351 g/mol. The van der Waals surface area contributed by atoms with Crippen LogP contribution in [0.5, 0.6) is 5.88 Å². The zero-order valence-electron chi connectivity index (χ0n) is 14.8. The van der Waals surface area contributed by atoms with E-state index >= 15 is 0 Å². The van der Waals surface area contributed by atoms with Crippen LogP contribution in [0, 0.1) is 5.92 Å². The van der Waals surface area contributed by atoms with Crippen LogP contribution in [-0.2, 0) is 0 Å². The van der Waals surface area contributed by atoms with Crippen molar-refractivity contribution in [2.24, 2.45) is 5.92 Å². The number of allylic oxidation sites excluding steroid dienone is 1. The molecule has 2 N–H and O–H groups in total. The molecule has 0 saturated carbocycles. The number of H-pyrrole nitrogens is 2. The SMILES string of the molecule is CC=CN1C[C@@H](C)[C@H](Oc2nc(-c3n[nH]c(=O)[nH]3)cc3ccccc23)C1. The highest BCUT2D eigenvalue weighted by Gasteiger charge is 2.30. The monoisotopic (exact) mass is 351 g/mol. The maximum absolute atomic E-state index is 11.4. The molecule has 1 saturated heterocycles. The van der Waals surface area contributed by atoms with Gasteiger partial charge in [-0.05, 0) is 30.6 Å². The molecule has 0 amide bonds. The standard InChI is InChI=1S/C19H21N5O2/c1-3-8-24-10-12(2)16(11-24)26-18-14-7-5-4-6-13(14)9-15(20-18)17-21-19(25)23-22-17/h3-9,12,16H,10-11H2,1-2H3,(H2,21,22,23,25)/t12-,16-/m1/s1. The number of nitrogens with one attached hydrogen (secondary N) is 2. The number of ether oxygens (including phenoxy) is 1. The molecule has 0 spiro atoms. The van der Waals surface area contributed by atoms with E-state index in [4.69, 9.17) is 4.74 Å². The maximum atomic E-state index is 11.4. The third-order valence-electron chi connectivity index (χ3n) is 4.64. The molecule has 0 bridgehead atoms. The van der Waals surface area contributed by atoms with E-state index in [9.17, 15) is 4.79 Å². The van der Waals surface area contributed by atoms with Crippen LogP contribution in [0.3, 0.4) is 0 Å². The van der Waals surface area contributed by atoms with Gasteiger partial charge in [0, 0.05) is 17.8 Å². The van der Waals surface area contributed by atoms with Crippen molar-refractivity contribution >= 4 is 10.8 Å². The van der Waals surface area contributed by atoms with E-state index in [0.29, 0.717) is 23.3 Å². The molecule has 0 aliphatic carbocycles. The lowest BCUT2D eigenvalue weighted by molar-refractivity contribution is 0.173. The molecule has 1 aromatic carbocycles. The van der Waals surface area contributed by atoms with Crippen molar-refractivity contribution in [1.82, 2.24) is 25.1 Å². The maximum Gasteiger partial charge on any atom is 0.340 e. The Labute approximate surface area is 150 Å². The Hall–Kier alpha value is -3.09. The number of rotatable bonds is 4. The molecule has 3 heterocycles. The summed E-state index contributed by atoms with van der Waals surface area (Å²) in [5, 5.41) is 8.31. The van der Waals surface area contributed by atoms with Crippen molar-refractivity contribution in [3.05, 3.63) is 53.1 Å². The Morgan fingerprint density at radius 3 is 2.92 bits per heavy atom. The molecule has 1 aliphatic rings. The number of nitrogens with zero attached hydrogens (tertiary/aromatic N) is 3. The fourth-order valence-electron chi connectivity index (χ4n) is 3.37. The van der Waals surface area contributed by atoms with Gasteiger partial charge in [-0.3, -0.25) is 4.98 Å². The van der Waals surface area contributed by atoms with E-state index in [1.54, 1.807) is 0 Å². The molecule has 7 nitrogen and oxygen atoms in total. The summed E-state index contributed by atoms with van der Waals surface area (Å²) in [6.07, 6.45) is 4.18. The lowest BCUT2D eigenvalue weighted by Gasteiger charge is -2.18. The molecular formula is C19H21N5O2. The summed E-state index contributed by atoms with van der Waals surface area (Å²) >= 11 is 0. The Bertz CT molecular complexity index is 1010. The summed E-state index contributed by atoms with van der Waals surface area (Å²) < 4.78 is 6.33. The third kappa shape index (κ3) is 3.08. The van der Waals surface area contributed by atoms with Gasteiger partial charge in [-0.1, -0.05) is 31.2 Å². The van der Waals surface area contributed by atoms with Crippen molar-refractivity contribution in [2.45, 2.75) is 20.0 Å². The molecule has 0 radical (unpaired) electrons. The zero-order valence-corrected chi connectivity index (χ0v) is 14.8. The normalized spacial score (nSPS) is 20.3. The predicted octanol–water partition coefficient (Wildman–Crippen LogP) is 2.55. The van der Waals surface area contributed by atoms with Crippen LogP contribution in [0.15, 0.2) is 47.4 Å². The van der Waals surface area contributed by atoms with Gasteiger partial charge in [-0.15, -0.1) is 0 Å². The van der Waals surface area contributed by atoms with E-state index in [1.165, 1.54) is 0 Å². The van der Waals surface area contributed by atoms with E-state index in [1.807, 2.05) is 43.3 Å². The molecule has 4 rings (SSSR count). The van der Waals surface area contributed by atoms with Crippen molar-refractivity contribution in [1.29, 1.82) is 0 Å². The van der Waals surface area contributed by atoms with Crippen LogP contribution in [0.4, 0.5) is 0 Å². The number of aromatic amines is 2. The number of likely N-dealkylation sites (tertiary alicyclic amines) is 1. The van der Waals surface area contributed by atoms with Crippen molar-refractivity contribution in [2.75, 3.05) is 13.1 Å². The van der Waals surface area contributed by atoms with Gasteiger partial charge >= 0.3 is 5.69 Å². The second-order valence-corrected chi connectivity index (χ2v) is 6.63. The number of hydrogen-bond donors (Lipinski definition) is 2. The molecule has 3 aromatic rings. The van der Waals surface area contributed by atoms with Gasteiger partial charge in [-0.25, -0.2) is 14.9 Å². The molecule has 2 aromatic heterocycles. The average Bonchev–Trinajstić information content (AvgIpc) is 3.21. The van der Waals surface area contributed by atoms with E-state index < -0.39 is 0 Å². The number of aromatic nitrogens is 4. The summed E-state index contributed by atoms with van der Waals surface area (Å²) in [6, 6.07) is 9.84. The first-order valence-corrected chi connectivity index (χ1v) is 8.72. The number of pyridine rings is 1. The van der Waals surface area contributed by atoms with Gasteiger partial charge in [-0.2, -0.15) is 5.10 Å². The lowest BCUT2D eigenvalue weighted by atomic mass is 10.1. The van der Waals surface area contributed by atoms with E-state index in [0.717, 1.165) is 23.9 Å². The summed E-state index contributed by atoms with van der Waals surface area (Å²) in [6.45, 7) is 5.98. The Balaban J connectivity index is 1.73. The van der Waals surface area contributed by atoms with Crippen LogP contribution in [0.1, 0.15) is 13.8 Å². The van der Waals surface area contributed by atoms with Gasteiger partial charge in [0.15, 0.2) is 5.82 Å². The first kappa shape index (κ1) is 16.4. The van der Waals surface area contributed by atoms with Gasteiger partial charge < -0.3 is 9.64 Å². The molecule has 0 unspecified atom stereocenters. The topological polar surface area (TPSA) is 86.9 Å². The summed E-state index contributed by atoms with van der Waals surface area (Å²) in [7, 11) is 0. The minimum atomic E-state index is -0.358. The molecule has 26 heavy (non-hydrogen) atoms. The fourth-order valence-corrected chi connectivity index (χ4v) is 3.37. The molecule has 134 valence electrons. The van der Waals surface area contributed by atoms with Gasteiger partial charge in [0.05, 0.1) is 6.54 Å². The van der Waals surface area contributed by atoms with Crippen LogP contribution in [0.25, 0.3) is 22.3 Å². The Morgan fingerprint density at radius 1 is 1.31 bits per heavy atom. The Kier molecular flexibility index (Phi) is 4.20. The molecule has 2 atom stereocenters. The van der Waals surface area contributed by atoms with Crippen LogP contribution in [-0.4, -0.2) is 44.3 Å². The smallest absolute Gasteiger partial charge is 0.340 e. The summed E-state index contributed by atoms with van der Waals surface area (Å²) in [4.78, 5) is 20.9. The minimum absolute atomic E-state index is 0.0515. The molecule has 1 aliphatic heterocycles. The van der Waals surface area contributed by atoms with Crippen LogP contribution >= 0.6 is 0 Å². The molecular weight excluding hydrogens is 330 g/mol. The van der Waals surface area contributed by atoms with Crippen LogP contribution < -0.4 is 10.4 Å². The van der Waals surface area contributed by atoms with E-state index in [-0.39, 0.29) is 11.8 Å². The largest absolute Gasteiger partial charge is 0.472 e. The molecule has 1 fully saturated rings. The lowest BCUT2D eigenvalue weighted by Crippen LogP contribution is -2.25. The summed E-state index contributed by atoms with van der Waals surface area (Å²) in [5.74, 6) is 1.36. The fraction of sp³-hybridized carbons (Fsp3) is 0.316. The van der Waals surface area contributed by atoms with Gasteiger partial charge in [0.1, 0.15) is 11.8 Å². The quantitative estimate of drug-likeness (QED) is 0.754. The molecule has 7 heteroatoms. The van der Waals surface area contributed by atoms with Crippen molar-refractivity contribution in [3.63, 3.8) is 0 Å². The highest BCUT2D eigenvalue weighted by molar-refractivity contribution is 5.89. The first-order valence-electron chi connectivity index (χ1n) is 8.72. The second kappa shape index (κ2) is 6.67. The highest BCUT2D eigenvalue weighted by Crippen LogP contribution is 2.30. The van der Waals surface area contributed by atoms with E-state index in [2.05, 4.69) is 38.2 Å². The number of hydrogen-bond acceptors (Lipinski definition) is 5.